The van der Waals surface area contributed by atoms with Crippen LogP contribution in [-0.4, -0.2) is 59.3 Å². The maximum absolute atomic E-state index is 12.5. The van der Waals surface area contributed by atoms with Gasteiger partial charge in [-0.3, -0.25) is 19.4 Å². The van der Waals surface area contributed by atoms with Crippen LogP contribution in [0.25, 0.3) is 0 Å². The van der Waals surface area contributed by atoms with Gasteiger partial charge in [0.05, 0.1) is 25.9 Å². The average Bonchev–Trinajstić information content (AvgIpc) is 3.27. The minimum atomic E-state index is -0.825. The molecule has 0 radical (unpaired) electrons. The predicted octanol–water partition coefficient (Wildman–Crippen LogP) is 1.91. The Balaban J connectivity index is 1.62. The number of thiophene rings is 1. The summed E-state index contributed by atoms with van der Waals surface area (Å²) in [6, 6.07) is 9.85. The molecule has 0 spiro atoms. The van der Waals surface area contributed by atoms with Gasteiger partial charge in [-0.05, 0) is 36.2 Å². The van der Waals surface area contributed by atoms with E-state index in [0.717, 1.165) is 20.2 Å². The second-order valence-electron chi connectivity index (χ2n) is 6.33. The number of hydrogen-bond donors (Lipinski definition) is 0. The molecule has 2 heterocycles. The van der Waals surface area contributed by atoms with Gasteiger partial charge in [-0.1, -0.05) is 18.2 Å². The zero-order valence-corrected chi connectivity index (χ0v) is 16.3. The van der Waals surface area contributed by atoms with E-state index in [9.17, 15) is 19.2 Å². The third-order valence-electron chi connectivity index (χ3n) is 4.24. The summed E-state index contributed by atoms with van der Waals surface area (Å²) < 4.78 is 4.66. The molecule has 8 nitrogen and oxygen atoms in total. The van der Waals surface area contributed by atoms with Crippen LogP contribution >= 0.6 is 11.3 Å². The van der Waals surface area contributed by atoms with E-state index in [1.54, 1.807) is 36.2 Å². The molecule has 0 unspecified atom stereocenters. The molecular weight excluding hydrogens is 382 g/mol. The van der Waals surface area contributed by atoms with Crippen molar-refractivity contribution in [2.45, 2.75) is 13.1 Å². The van der Waals surface area contributed by atoms with Crippen molar-refractivity contribution in [1.29, 1.82) is 0 Å². The van der Waals surface area contributed by atoms with Crippen molar-refractivity contribution in [3.8, 4) is 0 Å². The Hall–Kier alpha value is -3.04. The molecule has 0 N–H and O–H groups in total. The fourth-order valence-corrected chi connectivity index (χ4v) is 3.53. The van der Waals surface area contributed by atoms with Crippen molar-refractivity contribution in [2.75, 3.05) is 20.8 Å². The molecule has 2 aromatic rings. The molecule has 1 fully saturated rings. The first-order valence-corrected chi connectivity index (χ1v) is 9.34. The first-order chi connectivity index (χ1) is 13.4. The normalized spacial score (nSPS) is 14.3. The molecule has 3 rings (SSSR count). The summed E-state index contributed by atoms with van der Waals surface area (Å²) in [7, 11) is 3.05. The highest BCUT2D eigenvalue weighted by molar-refractivity contribution is 7.09. The molecule has 1 saturated heterocycles. The minimum Gasteiger partial charge on any atom is -0.465 e. The lowest BCUT2D eigenvalue weighted by Crippen LogP contribution is -2.40. The number of esters is 1. The first kappa shape index (κ1) is 19.7. The van der Waals surface area contributed by atoms with E-state index in [1.807, 2.05) is 17.5 Å². The summed E-state index contributed by atoms with van der Waals surface area (Å²) >= 11 is 1.42. The van der Waals surface area contributed by atoms with E-state index < -0.39 is 23.8 Å². The van der Waals surface area contributed by atoms with Crippen LogP contribution in [-0.2, 0) is 27.4 Å². The number of methoxy groups -OCH3 is 1. The smallest absolute Gasteiger partial charge is 0.337 e. The quantitative estimate of drug-likeness (QED) is 0.400. The Morgan fingerprint density at radius 2 is 1.75 bits per heavy atom. The van der Waals surface area contributed by atoms with Crippen LogP contribution in [0.4, 0.5) is 4.79 Å². The molecule has 1 aromatic heterocycles. The topological polar surface area (TPSA) is 87.2 Å². The van der Waals surface area contributed by atoms with Gasteiger partial charge in [0.25, 0.3) is 0 Å². The Kier molecular flexibility index (Phi) is 5.86. The van der Waals surface area contributed by atoms with Crippen molar-refractivity contribution in [2.24, 2.45) is 0 Å². The lowest BCUT2D eigenvalue weighted by molar-refractivity contribution is -0.144. The van der Waals surface area contributed by atoms with Gasteiger partial charge in [-0.15, -0.1) is 11.3 Å². The van der Waals surface area contributed by atoms with Crippen LogP contribution in [0.15, 0.2) is 41.8 Å². The highest BCUT2D eigenvalue weighted by Gasteiger charge is 2.44. The number of carbonyl (C=O) groups is 4. The lowest BCUT2D eigenvalue weighted by atomic mass is 10.1. The van der Waals surface area contributed by atoms with Crippen molar-refractivity contribution in [3.63, 3.8) is 0 Å². The van der Waals surface area contributed by atoms with Crippen LogP contribution in [0.5, 0.6) is 0 Å². The van der Waals surface area contributed by atoms with Gasteiger partial charge in [-0.2, -0.15) is 0 Å². The molecule has 0 aliphatic carbocycles. The Morgan fingerprint density at radius 1 is 1.07 bits per heavy atom. The highest BCUT2D eigenvalue weighted by Crippen LogP contribution is 2.19. The number of nitrogens with zero attached hydrogens (tertiary/aromatic N) is 3. The number of imide groups is 2. The minimum absolute atomic E-state index is 0.0108. The van der Waals surface area contributed by atoms with Crippen molar-refractivity contribution < 1.29 is 23.9 Å². The van der Waals surface area contributed by atoms with Crippen LogP contribution in [0.2, 0.25) is 0 Å². The van der Waals surface area contributed by atoms with E-state index in [4.69, 9.17) is 0 Å². The predicted molar refractivity (Wildman–Crippen MR) is 101 cm³/mol. The standard InChI is InChI=1S/C19H19N3O5S/c1-20(10-13-5-7-14(8-6-13)18(25)27-2)12-22-17(24)16(23)21(19(22)26)11-15-4-3-9-28-15/h3-9H,10-12H2,1-2H3. The number of urea groups is 1. The molecule has 0 atom stereocenters. The maximum atomic E-state index is 12.5. The Labute approximate surface area is 165 Å². The molecule has 9 heteroatoms. The number of amides is 4. The summed E-state index contributed by atoms with van der Waals surface area (Å²) in [6.45, 7) is 0.511. The van der Waals surface area contributed by atoms with Crippen molar-refractivity contribution >= 4 is 35.2 Å². The van der Waals surface area contributed by atoms with E-state index >= 15 is 0 Å². The van der Waals surface area contributed by atoms with E-state index in [2.05, 4.69) is 4.74 Å². The van der Waals surface area contributed by atoms with E-state index in [1.165, 1.54) is 18.4 Å². The molecule has 0 bridgehead atoms. The summed E-state index contributed by atoms with van der Waals surface area (Å²) in [6.07, 6.45) is 0. The van der Waals surface area contributed by atoms with Crippen LogP contribution < -0.4 is 0 Å². The monoisotopic (exact) mass is 401 g/mol. The van der Waals surface area contributed by atoms with Crippen LogP contribution in [0.3, 0.4) is 0 Å². The zero-order chi connectivity index (χ0) is 20.3. The van der Waals surface area contributed by atoms with Crippen molar-refractivity contribution in [1.82, 2.24) is 14.7 Å². The van der Waals surface area contributed by atoms with E-state index in [0.29, 0.717) is 12.1 Å². The number of rotatable bonds is 7. The largest absolute Gasteiger partial charge is 0.465 e. The number of carbonyl (C=O) groups excluding carboxylic acids is 4. The van der Waals surface area contributed by atoms with Gasteiger partial charge in [-0.25, -0.2) is 14.5 Å². The number of benzene rings is 1. The number of hydrogen-bond acceptors (Lipinski definition) is 7. The van der Waals surface area contributed by atoms with Gasteiger partial charge in [0.1, 0.15) is 0 Å². The molecular formula is C19H19N3O5S. The van der Waals surface area contributed by atoms with Gasteiger partial charge < -0.3 is 4.74 Å². The molecule has 1 aromatic carbocycles. The summed E-state index contributed by atoms with van der Waals surface area (Å²) in [5.41, 5.74) is 1.32. The van der Waals surface area contributed by atoms with Gasteiger partial charge in [0, 0.05) is 11.4 Å². The maximum Gasteiger partial charge on any atom is 0.337 e. The third-order valence-corrected chi connectivity index (χ3v) is 5.10. The molecule has 146 valence electrons. The average molecular weight is 401 g/mol. The molecule has 28 heavy (non-hydrogen) atoms. The Bertz CT molecular complexity index is 895. The third kappa shape index (κ3) is 4.10. The second-order valence-corrected chi connectivity index (χ2v) is 7.36. The first-order valence-electron chi connectivity index (χ1n) is 8.46. The van der Waals surface area contributed by atoms with Crippen LogP contribution in [0, 0.1) is 0 Å². The van der Waals surface area contributed by atoms with E-state index in [-0.39, 0.29) is 13.2 Å². The second kappa shape index (κ2) is 8.32. The van der Waals surface area contributed by atoms with Crippen LogP contribution in [0.1, 0.15) is 20.8 Å². The molecule has 4 amide bonds. The summed E-state index contributed by atoms with van der Waals surface area (Å²) in [5.74, 6) is -2.05. The molecule has 1 aliphatic rings. The Morgan fingerprint density at radius 3 is 2.36 bits per heavy atom. The SMILES string of the molecule is COC(=O)c1ccc(CN(C)CN2C(=O)C(=O)N(Cc3cccs3)C2=O)cc1. The van der Waals surface area contributed by atoms with Gasteiger partial charge in [0.2, 0.25) is 0 Å². The number of ether oxygens (including phenoxy) is 1. The molecule has 1 aliphatic heterocycles. The zero-order valence-electron chi connectivity index (χ0n) is 15.5. The lowest BCUT2D eigenvalue weighted by Gasteiger charge is -2.22. The summed E-state index contributed by atoms with van der Waals surface area (Å²) in [4.78, 5) is 52.9. The fourth-order valence-electron chi connectivity index (χ4n) is 2.84. The highest BCUT2D eigenvalue weighted by atomic mass is 32.1. The van der Waals surface area contributed by atoms with Gasteiger partial charge in [0.15, 0.2) is 0 Å². The summed E-state index contributed by atoms with van der Waals surface area (Å²) in [5, 5.41) is 1.85. The molecule has 0 saturated carbocycles. The van der Waals surface area contributed by atoms with Crippen molar-refractivity contribution in [3.05, 3.63) is 57.8 Å². The van der Waals surface area contributed by atoms with Gasteiger partial charge >= 0.3 is 23.8 Å². The fraction of sp³-hybridized carbons (Fsp3) is 0.263.